The van der Waals surface area contributed by atoms with Crippen LogP contribution < -0.4 is 10.6 Å². The Labute approximate surface area is 139 Å². The summed E-state index contributed by atoms with van der Waals surface area (Å²) in [6, 6.07) is 12.7. The highest BCUT2D eigenvalue weighted by molar-refractivity contribution is 5.84. The van der Waals surface area contributed by atoms with Crippen LogP contribution in [-0.4, -0.2) is 18.0 Å². The number of nitriles is 1. The van der Waals surface area contributed by atoms with Crippen molar-refractivity contribution in [2.45, 2.75) is 58.0 Å². The summed E-state index contributed by atoms with van der Waals surface area (Å²) in [5.41, 5.74) is 0.198. The fourth-order valence-corrected chi connectivity index (χ4v) is 3.23. The van der Waals surface area contributed by atoms with E-state index >= 15 is 0 Å². The Hall–Kier alpha value is -1.86. The Morgan fingerprint density at radius 3 is 2.48 bits per heavy atom. The van der Waals surface area contributed by atoms with Gasteiger partial charge in [0.1, 0.15) is 5.41 Å². The van der Waals surface area contributed by atoms with Crippen molar-refractivity contribution in [2.24, 2.45) is 5.41 Å². The SMILES string of the molecule is CC(NC1(CNC(=O)C(C)(C)C#N)CCCC1)c1ccccc1. The molecule has 1 aliphatic rings. The zero-order valence-electron chi connectivity index (χ0n) is 14.4. The third-order valence-corrected chi connectivity index (χ3v) is 4.82. The number of nitrogens with one attached hydrogen (secondary N) is 2. The minimum atomic E-state index is -0.981. The number of benzene rings is 1. The lowest BCUT2D eigenvalue weighted by Crippen LogP contribution is -2.53. The number of rotatable bonds is 6. The standard InChI is InChI=1S/C19H27N3O/c1-15(16-9-5-4-6-10-16)22-19(11-7-8-12-19)14-21-17(23)18(2,3)13-20/h4-6,9-10,15,22H,7-8,11-12,14H2,1-3H3,(H,21,23). The van der Waals surface area contributed by atoms with E-state index < -0.39 is 5.41 Å². The van der Waals surface area contributed by atoms with Crippen molar-refractivity contribution in [3.63, 3.8) is 0 Å². The molecule has 0 bridgehead atoms. The molecule has 2 N–H and O–H groups in total. The van der Waals surface area contributed by atoms with Gasteiger partial charge < -0.3 is 10.6 Å². The molecule has 4 heteroatoms. The number of carbonyl (C=O) groups excluding carboxylic acids is 1. The molecular weight excluding hydrogens is 286 g/mol. The molecule has 1 aliphatic carbocycles. The molecule has 124 valence electrons. The van der Waals surface area contributed by atoms with Crippen LogP contribution in [0.25, 0.3) is 0 Å². The van der Waals surface area contributed by atoms with E-state index in [1.54, 1.807) is 13.8 Å². The highest BCUT2D eigenvalue weighted by atomic mass is 16.2. The van der Waals surface area contributed by atoms with E-state index in [1.807, 2.05) is 18.2 Å². The average Bonchev–Trinajstić information content (AvgIpc) is 3.02. The summed E-state index contributed by atoms with van der Waals surface area (Å²) in [7, 11) is 0. The van der Waals surface area contributed by atoms with E-state index in [0.717, 1.165) is 12.8 Å². The first kappa shape index (κ1) is 17.5. The molecule has 1 atom stereocenters. The van der Waals surface area contributed by atoms with Crippen molar-refractivity contribution in [1.29, 1.82) is 5.26 Å². The maximum absolute atomic E-state index is 12.2. The number of nitrogens with zero attached hydrogens (tertiary/aromatic N) is 1. The van der Waals surface area contributed by atoms with Crippen LogP contribution in [0.5, 0.6) is 0 Å². The second kappa shape index (κ2) is 7.14. The van der Waals surface area contributed by atoms with Gasteiger partial charge in [-0.25, -0.2) is 0 Å². The van der Waals surface area contributed by atoms with E-state index in [9.17, 15) is 4.79 Å². The van der Waals surface area contributed by atoms with Crippen molar-refractivity contribution >= 4 is 5.91 Å². The molecule has 4 nitrogen and oxygen atoms in total. The molecular formula is C19H27N3O. The number of amides is 1. The molecule has 1 unspecified atom stereocenters. The van der Waals surface area contributed by atoms with E-state index in [0.29, 0.717) is 6.54 Å². The summed E-state index contributed by atoms with van der Waals surface area (Å²) in [5.74, 6) is -0.194. The van der Waals surface area contributed by atoms with Gasteiger partial charge in [-0.3, -0.25) is 4.79 Å². The molecule has 0 aliphatic heterocycles. The minimum absolute atomic E-state index is 0.0730. The molecule has 0 heterocycles. The summed E-state index contributed by atoms with van der Waals surface area (Å²) >= 11 is 0. The fourth-order valence-electron chi connectivity index (χ4n) is 3.23. The molecule has 1 amide bonds. The molecule has 1 fully saturated rings. The van der Waals surface area contributed by atoms with Crippen LogP contribution >= 0.6 is 0 Å². The quantitative estimate of drug-likeness (QED) is 0.847. The van der Waals surface area contributed by atoms with Crippen LogP contribution in [0, 0.1) is 16.7 Å². The van der Waals surface area contributed by atoms with Gasteiger partial charge in [0.2, 0.25) is 5.91 Å². The smallest absolute Gasteiger partial charge is 0.239 e. The van der Waals surface area contributed by atoms with Gasteiger partial charge in [0, 0.05) is 18.1 Å². The molecule has 0 spiro atoms. The molecule has 23 heavy (non-hydrogen) atoms. The third kappa shape index (κ3) is 4.33. The Bertz CT molecular complexity index is 568. The molecule has 0 aromatic heterocycles. The fraction of sp³-hybridized carbons (Fsp3) is 0.579. The van der Waals surface area contributed by atoms with E-state index in [-0.39, 0.29) is 17.5 Å². The van der Waals surface area contributed by atoms with Crippen molar-refractivity contribution in [1.82, 2.24) is 10.6 Å². The van der Waals surface area contributed by atoms with Gasteiger partial charge in [-0.05, 0) is 39.2 Å². The van der Waals surface area contributed by atoms with Gasteiger partial charge in [-0.15, -0.1) is 0 Å². The zero-order chi connectivity index (χ0) is 16.9. The van der Waals surface area contributed by atoms with Gasteiger partial charge in [-0.2, -0.15) is 5.26 Å². The number of hydrogen-bond donors (Lipinski definition) is 2. The van der Waals surface area contributed by atoms with Gasteiger partial charge in [0.05, 0.1) is 6.07 Å². The van der Waals surface area contributed by atoms with E-state index in [4.69, 9.17) is 5.26 Å². The van der Waals surface area contributed by atoms with E-state index in [2.05, 4.69) is 35.8 Å². The largest absolute Gasteiger partial charge is 0.353 e. The summed E-state index contributed by atoms with van der Waals surface area (Å²) in [5, 5.41) is 15.8. The Kier molecular flexibility index (Phi) is 5.43. The molecule has 2 rings (SSSR count). The first-order chi connectivity index (χ1) is 10.9. The zero-order valence-corrected chi connectivity index (χ0v) is 14.4. The summed E-state index contributed by atoms with van der Waals surface area (Å²) < 4.78 is 0. The number of carbonyl (C=O) groups is 1. The van der Waals surface area contributed by atoms with Crippen LogP contribution in [0.4, 0.5) is 0 Å². The van der Waals surface area contributed by atoms with Crippen LogP contribution in [-0.2, 0) is 4.79 Å². The Balaban J connectivity index is 2.02. The highest BCUT2D eigenvalue weighted by Gasteiger charge is 2.37. The van der Waals surface area contributed by atoms with Gasteiger partial charge in [-0.1, -0.05) is 43.2 Å². The lowest BCUT2D eigenvalue weighted by Gasteiger charge is -2.35. The normalized spacial score (nSPS) is 18.2. The average molecular weight is 313 g/mol. The topological polar surface area (TPSA) is 64.9 Å². The maximum atomic E-state index is 12.2. The molecule has 1 aromatic rings. The second-order valence-corrected chi connectivity index (χ2v) is 7.18. The molecule has 0 saturated heterocycles. The lowest BCUT2D eigenvalue weighted by atomic mass is 9.91. The maximum Gasteiger partial charge on any atom is 0.239 e. The predicted molar refractivity (Wildman–Crippen MR) is 91.6 cm³/mol. The van der Waals surface area contributed by atoms with Crippen LogP contribution in [0.1, 0.15) is 58.1 Å². The lowest BCUT2D eigenvalue weighted by molar-refractivity contribution is -0.127. The van der Waals surface area contributed by atoms with Crippen molar-refractivity contribution in [3.8, 4) is 6.07 Å². The number of hydrogen-bond acceptors (Lipinski definition) is 3. The van der Waals surface area contributed by atoms with Crippen LogP contribution in [0.2, 0.25) is 0 Å². The van der Waals surface area contributed by atoms with Crippen LogP contribution in [0.3, 0.4) is 0 Å². The summed E-state index contributed by atoms with van der Waals surface area (Å²) in [4.78, 5) is 12.2. The Morgan fingerprint density at radius 1 is 1.30 bits per heavy atom. The van der Waals surface area contributed by atoms with Crippen molar-refractivity contribution in [3.05, 3.63) is 35.9 Å². The van der Waals surface area contributed by atoms with E-state index in [1.165, 1.54) is 18.4 Å². The summed E-state index contributed by atoms with van der Waals surface area (Å²) in [6.45, 7) is 6.05. The van der Waals surface area contributed by atoms with Gasteiger partial charge in [0.25, 0.3) is 0 Å². The molecule has 0 radical (unpaired) electrons. The molecule has 1 saturated carbocycles. The first-order valence-electron chi connectivity index (χ1n) is 8.41. The van der Waals surface area contributed by atoms with Crippen molar-refractivity contribution in [2.75, 3.05) is 6.54 Å². The van der Waals surface area contributed by atoms with Crippen LogP contribution in [0.15, 0.2) is 30.3 Å². The summed E-state index contributed by atoms with van der Waals surface area (Å²) in [6.07, 6.45) is 4.45. The first-order valence-corrected chi connectivity index (χ1v) is 8.41. The predicted octanol–water partition coefficient (Wildman–Crippen LogP) is 3.32. The highest BCUT2D eigenvalue weighted by Crippen LogP contribution is 2.32. The van der Waals surface area contributed by atoms with Crippen molar-refractivity contribution < 1.29 is 4.79 Å². The molecule has 1 aromatic carbocycles. The third-order valence-electron chi connectivity index (χ3n) is 4.82. The minimum Gasteiger partial charge on any atom is -0.353 e. The Morgan fingerprint density at radius 2 is 1.91 bits per heavy atom. The monoisotopic (exact) mass is 313 g/mol. The van der Waals surface area contributed by atoms with Gasteiger partial charge >= 0.3 is 0 Å². The van der Waals surface area contributed by atoms with Gasteiger partial charge in [0.15, 0.2) is 0 Å². The second-order valence-electron chi connectivity index (χ2n) is 7.18.